The minimum atomic E-state index is 0.112. The Morgan fingerprint density at radius 3 is 2.42 bits per heavy atom. The number of rotatable bonds is 4. The summed E-state index contributed by atoms with van der Waals surface area (Å²) in [7, 11) is 0. The van der Waals surface area contributed by atoms with Gasteiger partial charge in [0.05, 0.1) is 18.8 Å². The molecule has 0 aromatic carbocycles. The molecule has 0 spiro atoms. The summed E-state index contributed by atoms with van der Waals surface area (Å²) in [6.45, 7) is 2.85. The molecule has 1 aliphatic carbocycles. The molecule has 12 heavy (non-hydrogen) atoms. The highest BCUT2D eigenvalue weighted by Gasteiger charge is 2.30. The van der Waals surface area contributed by atoms with Gasteiger partial charge in [-0.2, -0.15) is 0 Å². The maximum Gasteiger partial charge on any atom is 0.0705 e. The van der Waals surface area contributed by atoms with Crippen molar-refractivity contribution in [3.05, 3.63) is 0 Å². The van der Waals surface area contributed by atoms with Crippen LogP contribution in [0.1, 0.15) is 45.4 Å². The maximum absolute atomic E-state index is 8.68. The molecule has 0 bridgehead atoms. The molecular weight excluding hydrogens is 152 g/mol. The normalized spacial score (nSPS) is 22.5. The Morgan fingerprint density at radius 1 is 1.25 bits per heavy atom. The van der Waals surface area contributed by atoms with E-state index in [-0.39, 0.29) is 12.2 Å². The molecule has 0 saturated heterocycles. The van der Waals surface area contributed by atoms with Gasteiger partial charge < -0.3 is 9.84 Å². The molecule has 0 atom stereocenters. The zero-order valence-electron chi connectivity index (χ0n) is 8.01. The number of ether oxygens (including phenoxy) is 1. The van der Waals surface area contributed by atoms with E-state index < -0.39 is 0 Å². The van der Waals surface area contributed by atoms with Gasteiger partial charge in [0, 0.05) is 0 Å². The fourth-order valence-electron chi connectivity index (χ4n) is 2.06. The Kier molecular flexibility index (Phi) is 4.02. The van der Waals surface area contributed by atoms with E-state index in [9.17, 15) is 0 Å². The summed E-state index contributed by atoms with van der Waals surface area (Å²) in [5.41, 5.74) is 0.112. The third kappa shape index (κ3) is 2.46. The molecule has 1 rings (SSSR count). The first-order chi connectivity index (χ1) is 5.83. The Bertz CT molecular complexity index is 117. The van der Waals surface area contributed by atoms with Gasteiger partial charge in [0.2, 0.25) is 0 Å². The van der Waals surface area contributed by atoms with E-state index in [4.69, 9.17) is 9.84 Å². The smallest absolute Gasteiger partial charge is 0.0705 e. The quantitative estimate of drug-likeness (QED) is 0.703. The summed E-state index contributed by atoms with van der Waals surface area (Å²) in [5, 5.41) is 8.68. The first-order valence-corrected chi connectivity index (χ1v) is 5.08. The molecule has 2 nitrogen and oxygen atoms in total. The molecule has 1 fully saturated rings. The minimum absolute atomic E-state index is 0.112. The molecule has 0 unspecified atom stereocenters. The summed E-state index contributed by atoms with van der Waals surface area (Å²) in [6.07, 6.45) is 7.39. The monoisotopic (exact) mass is 172 g/mol. The summed E-state index contributed by atoms with van der Waals surface area (Å²) in [5.74, 6) is 0. The first kappa shape index (κ1) is 10.0. The van der Waals surface area contributed by atoms with E-state index in [1.807, 2.05) is 0 Å². The van der Waals surface area contributed by atoms with Gasteiger partial charge in [-0.3, -0.25) is 0 Å². The summed E-state index contributed by atoms with van der Waals surface area (Å²) in [4.78, 5) is 0. The second-order valence-corrected chi connectivity index (χ2v) is 3.67. The molecule has 0 amide bonds. The zero-order valence-corrected chi connectivity index (χ0v) is 8.01. The van der Waals surface area contributed by atoms with E-state index in [2.05, 4.69) is 6.92 Å². The van der Waals surface area contributed by atoms with Crippen LogP contribution in [0.25, 0.3) is 0 Å². The summed E-state index contributed by atoms with van der Waals surface area (Å²) >= 11 is 0. The Balaban J connectivity index is 2.37. The third-order valence-electron chi connectivity index (χ3n) is 2.91. The van der Waals surface area contributed by atoms with E-state index in [0.717, 1.165) is 6.42 Å². The molecule has 1 saturated carbocycles. The fourth-order valence-corrected chi connectivity index (χ4v) is 2.06. The van der Waals surface area contributed by atoms with Crippen molar-refractivity contribution in [2.24, 2.45) is 0 Å². The summed E-state index contributed by atoms with van der Waals surface area (Å²) in [6, 6.07) is 0. The second kappa shape index (κ2) is 4.83. The lowest BCUT2D eigenvalue weighted by Gasteiger charge is -2.36. The summed E-state index contributed by atoms with van der Waals surface area (Å²) < 4.78 is 5.72. The highest BCUT2D eigenvalue weighted by Crippen LogP contribution is 2.33. The highest BCUT2D eigenvalue weighted by atomic mass is 16.5. The van der Waals surface area contributed by atoms with Crippen LogP contribution < -0.4 is 0 Å². The average molecular weight is 172 g/mol. The standard InChI is InChI=1S/C10H20O2/c1-2-10(12-9-8-11)6-4-3-5-7-10/h11H,2-9H2,1H3. The molecule has 2 heteroatoms. The van der Waals surface area contributed by atoms with Gasteiger partial charge in [0.1, 0.15) is 0 Å². The molecule has 0 aromatic rings. The van der Waals surface area contributed by atoms with Gasteiger partial charge in [0.15, 0.2) is 0 Å². The van der Waals surface area contributed by atoms with E-state index in [0.29, 0.717) is 6.61 Å². The largest absolute Gasteiger partial charge is 0.394 e. The van der Waals surface area contributed by atoms with Crippen molar-refractivity contribution in [3.63, 3.8) is 0 Å². The topological polar surface area (TPSA) is 29.5 Å². The maximum atomic E-state index is 8.68. The van der Waals surface area contributed by atoms with Crippen LogP contribution in [-0.4, -0.2) is 23.9 Å². The predicted molar refractivity (Wildman–Crippen MR) is 49.1 cm³/mol. The van der Waals surface area contributed by atoms with Crippen molar-refractivity contribution in [1.82, 2.24) is 0 Å². The lowest BCUT2D eigenvalue weighted by Crippen LogP contribution is -2.35. The van der Waals surface area contributed by atoms with Crippen LogP contribution in [0, 0.1) is 0 Å². The predicted octanol–water partition coefficient (Wildman–Crippen LogP) is 2.11. The van der Waals surface area contributed by atoms with Crippen LogP contribution in [0.3, 0.4) is 0 Å². The van der Waals surface area contributed by atoms with Crippen molar-refractivity contribution in [1.29, 1.82) is 0 Å². The van der Waals surface area contributed by atoms with Crippen LogP contribution in [0.2, 0.25) is 0 Å². The molecule has 1 N–H and O–H groups in total. The highest BCUT2D eigenvalue weighted by molar-refractivity contribution is 4.82. The van der Waals surface area contributed by atoms with Crippen molar-refractivity contribution in [2.75, 3.05) is 13.2 Å². The van der Waals surface area contributed by atoms with Gasteiger partial charge in [-0.25, -0.2) is 0 Å². The van der Waals surface area contributed by atoms with Gasteiger partial charge in [-0.05, 0) is 19.3 Å². The Morgan fingerprint density at radius 2 is 1.92 bits per heavy atom. The number of aliphatic hydroxyl groups is 1. The van der Waals surface area contributed by atoms with E-state index >= 15 is 0 Å². The van der Waals surface area contributed by atoms with Crippen LogP contribution in [0.4, 0.5) is 0 Å². The van der Waals surface area contributed by atoms with Crippen molar-refractivity contribution in [3.8, 4) is 0 Å². The fraction of sp³-hybridized carbons (Fsp3) is 1.00. The number of hydrogen-bond donors (Lipinski definition) is 1. The molecule has 1 aliphatic rings. The van der Waals surface area contributed by atoms with Crippen LogP contribution in [-0.2, 0) is 4.74 Å². The first-order valence-electron chi connectivity index (χ1n) is 5.08. The lowest BCUT2D eigenvalue weighted by atomic mass is 9.83. The number of hydrogen-bond acceptors (Lipinski definition) is 2. The van der Waals surface area contributed by atoms with Crippen LogP contribution >= 0.6 is 0 Å². The Hall–Kier alpha value is -0.0800. The minimum Gasteiger partial charge on any atom is -0.394 e. The van der Waals surface area contributed by atoms with Gasteiger partial charge in [0.25, 0.3) is 0 Å². The van der Waals surface area contributed by atoms with Crippen molar-refractivity contribution >= 4 is 0 Å². The number of aliphatic hydroxyl groups excluding tert-OH is 1. The molecule has 0 aliphatic heterocycles. The SMILES string of the molecule is CCC1(OCCO)CCCCC1. The average Bonchev–Trinajstić information content (AvgIpc) is 2.16. The van der Waals surface area contributed by atoms with E-state index in [1.165, 1.54) is 32.1 Å². The Labute approximate surface area is 74.9 Å². The van der Waals surface area contributed by atoms with Crippen LogP contribution in [0.15, 0.2) is 0 Å². The van der Waals surface area contributed by atoms with Gasteiger partial charge in [-0.15, -0.1) is 0 Å². The molecule has 0 heterocycles. The lowest BCUT2D eigenvalue weighted by molar-refractivity contribution is -0.0825. The van der Waals surface area contributed by atoms with Crippen LogP contribution in [0.5, 0.6) is 0 Å². The molecule has 0 aromatic heterocycles. The molecule has 0 radical (unpaired) electrons. The molecule has 72 valence electrons. The second-order valence-electron chi connectivity index (χ2n) is 3.67. The third-order valence-corrected chi connectivity index (χ3v) is 2.91. The van der Waals surface area contributed by atoms with Crippen molar-refractivity contribution < 1.29 is 9.84 Å². The van der Waals surface area contributed by atoms with Gasteiger partial charge >= 0.3 is 0 Å². The zero-order chi connectivity index (χ0) is 8.86. The van der Waals surface area contributed by atoms with E-state index in [1.54, 1.807) is 0 Å². The van der Waals surface area contributed by atoms with Crippen molar-refractivity contribution in [2.45, 2.75) is 51.0 Å². The molecular formula is C10H20O2. The van der Waals surface area contributed by atoms with Gasteiger partial charge in [-0.1, -0.05) is 26.2 Å².